The average molecular weight is 191 g/mol. The van der Waals surface area contributed by atoms with E-state index in [2.05, 4.69) is 11.1 Å². The van der Waals surface area contributed by atoms with Crippen molar-refractivity contribution in [3.8, 4) is 6.07 Å². The molecule has 2 nitrogen and oxygen atoms in total. The molecule has 0 saturated carbocycles. The van der Waals surface area contributed by atoms with Crippen molar-refractivity contribution < 1.29 is 0 Å². The minimum Gasteiger partial charge on any atom is -0.257 e. The van der Waals surface area contributed by atoms with Gasteiger partial charge in [-0.3, -0.25) is 4.99 Å². The van der Waals surface area contributed by atoms with Crippen molar-refractivity contribution in [2.75, 3.05) is 0 Å². The zero-order chi connectivity index (χ0) is 9.47. The fourth-order valence-electron chi connectivity index (χ4n) is 1.36. The zero-order valence-corrected chi connectivity index (χ0v) is 7.84. The van der Waals surface area contributed by atoms with Gasteiger partial charge in [-0.1, -0.05) is 23.7 Å². The van der Waals surface area contributed by atoms with Gasteiger partial charge in [-0.2, -0.15) is 5.26 Å². The van der Waals surface area contributed by atoms with E-state index in [4.69, 9.17) is 16.9 Å². The lowest BCUT2D eigenvalue weighted by Crippen LogP contribution is -2.11. The second-order valence-corrected chi connectivity index (χ2v) is 3.46. The molecular weight excluding hydrogens is 184 g/mol. The number of aliphatic imine (C=N–C) groups is 1. The summed E-state index contributed by atoms with van der Waals surface area (Å²) in [6.45, 7) is 1.86. The third-order valence-corrected chi connectivity index (χ3v) is 2.48. The van der Waals surface area contributed by atoms with E-state index in [0.29, 0.717) is 5.02 Å². The summed E-state index contributed by atoms with van der Waals surface area (Å²) in [6.07, 6.45) is 0. The monoisotopic (exact) mass is 190 g/mol. The summed E-state index contributed by atoms with van der Waals surface area (Å²) in [5, 5.41) is 9.63. The van der Waals surface area contributed by atoms with Gasteiger partial charge in [0.15, 0.2) is 0 Å². The Balaban J connectivity index is 2.39. The van der Waals surface area contributed by atoms with Gasteiger partial charge in [0.25, 0.3) is 0 Å². The van der Waals surface area contributed by atoms with E-state index in [-0.39, 0.29) is 0 Å². The van der Waals surface area contributed by atoms with Gasteiger partial charge in [-0.05, 0) is 24.6 Å². The average Bonchev–Trinajstić information content (AvgIpc) is 2.79. The summed E-state index contributed by atoms with van der Waals surface area (Å²) < 4.78 is 0. The van der Waals surface area contributed by atoms with Crippen molar-refractivity contribution in [1.29, 1.82) is 5.26 Å². The van der Waals surface area contributed by atoms with Crippen molar-refractivity contribution in [3.05, 3.63) is 34.9 Å². The molecule has 13 heavy (non-hydrogen) atoms. The molecule has 1 heterocycles. The summed E-state index contributed by atoms with van der Waals surface area (Å²) in [7, 11) is 0. The summed E-state index contributed by atoms with van der Waals surface area (Å²) in [6, 6.07) is 9.42. The highest BCUT2D eigenvalue weighted by molar-refractivity contribution is 6.30. The summed E-state index contributed by atoms with van der Waals surface area (Å²) >= 11 is 5.74. The second kappa shape index (κ2) is 2.58. The van der Waals surface area contributed by atoms with Gasteiger partial charge in [0, 0.05) is 5.02 Å². The quantitative estimate of drug-likeness (QED) is 0.671. The molecule has 2 rings (SSSR count). The van der Waals surface area contributed by atoms with Crippen LogP contribution in [-0.4, -0.2) is 5.71 Å². The minimum absolute atomic E-state index is 0.676. The second-order valence-electron chi connectivity index (χ2n) is 3.03. The Kier molecular flexibility index (Phi) is 1.64. The largest absolute Gasteiger partial charge is 0.257 e. The lowest BCUT2D eigenvalue weighted by atomic mass is 9.96. The first-order valence-corrected chi connectivity index (χ1v) is 4.31. The number of nitrogens with zero attached hydrogens (tertiary/aromatic N) is 2. The van der Waals surface area contributed by atoms with Crippen LogP contribution < -0.4 is 0 Å². The molecule has 0 bridgehead atoms. The van der Waals surface area contributed by atoms with Crippen molar-refractivity contribution in [3.63, 3.8) is 0 Å². The fourth-order valence-corrected chi connectivity index (χ4v) is 1.48. The van der Waals surface area contributed by atoms with Gasteiger partial charge in [0.1, 0.15) is 6.07 Å². The first-order valence-electron chi connectivity index (χ1n) is 3.93. The number of nitriles is 1. The van der Waals surface area contributed by atoms with E-state index < -0.39 is 5.54 Å². The number of hydrogen-bond acceptors (Lipinski definition) is 2. The molecule has 0 spiro atoms. The van der Waals surface area contributed by atoms with Gasteiger partial charge in [-0.15, -0.1) is 0 Å². The Bertz CT molecular complexity index is 414. The molecule has 0 saturated heterocycles. The molecule has 1 aromatic rings. The van der Waals surface area contributed by atoms with E-state index in [1.807, 2.05) is 19.1 Å². The third kappa shape index (κ3) is 1.13. The van der Waals surface area contributed by atoms with Crippen LogP contribution in [0.1, 0.15) is 12.5 Å². The number of benzene rings is 1. The van der Waals surface area contributed by atoms with E-state index in [1.165, 1.54) is 0 Å². The van der Waals surface area contributed by atoms with Gasteiger partial charge in [-0.25, -0.2) is 0 Å². The normalized spacial score (nSPS) is 24.8. The van der Waals surface area contributed by atoms with Crippen LogP contribution in [-0.2, 0) is 5.54 Å². The first kappa shape index (κ1) is 8.28. The predicted molar refractivity (Wildman–Crippen MR) is 51.9 cm³/mol. The van der Waals surface area contributed by atoms with Crippen molar-refractivity contribution in [1.82, 2.24) is 0 Å². The molecule has 0 amide bonds. The van der Waals surface area contributed by atoms with Crippen LogP contribution in [0.15, 0.2) is 29.3 Å². The van der Waals surface area contributed by atoms with Gasteiger partial charge < -0.3 is 0 Å². The molecule has 0 fully saturated rings. The standard InChI is InChI=1S/C10H7ClN2/c1-7-10(6-12,13-7)8-2-4-9(11)5-3-8/h2-5H,1H3. The summed E-state index contributed by atoms with van der Waals surface area (Å²) in [5.41, 5.74) is 1.10. The highest BCUT2D eigenvalue weighted by atomic mass is 35.5. The van der Waals surface area contributed by atoms with Crippen molar-refractivity contribution in [2.45, 2.75) is 12.5 Å². The molecule has 0 radical (unpaired) electrons. The van der Waals surface area contributed by atoms with Crippen LogP contribution in [0.25, 0.3) is 0 Å². The molecule has 3 heteroatoms. The van der Waals surface area contributed by atoms with Crippen LogP contribution >= 0.6 is 11.6 Å². The van der Waals surface area contributed by atoms with Gasteiger partial charge in [0.2, 0.25) is 5.54 Å². The maximum Gasteiger partial charge on any atom is 0.208 e. The third-order valence-electron chi connectivity index (χ3n) is 2.23. The maximum atomic E-state index is 8.95. The molecule has 1 aliphatic heterocycles. The molecule has 1 aromatic carbocycles. The predicted octanol–water partition coefficient (Wildman–Crippen LogP) is 2.53. The molecular formula is C10H7ClN2. The number of rotatable bonds is 1. The molecule has 64 valence electrons. The minimum atomic E-state index is -0.676. The zero-order valence-electron chi connectivity index (χ0n) is 7.08. The Morgan fingerprint density at radius 2 is 1.92 bits per heavy atom. The highest BCUT2D eigenvalue weighted by Gasteiger charge is 2.46. The van der Waals surface area contributed by atoms with E-state index >= 15 is 0 Å². The van der Waals surface area contributed by atoms with Crippen LogP contribution in [0, 0.1) is 11.3 Å². The van der Waals surface area contributed by atoms with Crippen molar-refractivity contribution in [2.24, 2.45) is 4.99 Å². The Labute approximate surface area is 81.5 Å². The lowest BCUT2D eigenvalue weighted by molar-refractivity contribution is 0.920. The topological polar surface area (TPSA) is 36.1 Å². The number of hydrogen-bond donors (Lipinski definition) is 0. The van der Waals surface area contributed by atoms with E-state index in [9.17, 15) is 0 Å². The molecule has 0 aliphatic carbocycles. The van der Waals surface area contributed by atoms with Crippen LogP contribution in [0.5, 0.6) is 0 Å². The van der Waals surface area contributed by atoms with E-state index in [0.717, 1.165) is 11.3 Å². The van der Waals surface area contributed by atoms with Gasteiger partial charge >= 0.3 is 0 Å². The first-order chi connectivity index (χ1) is 6.19. The Morgan fingerprint density at radius 3 is 2.31 bits per heavy atom. The molecule has 1 unspecified atom stereocenters. The summed E-state index contributed by atoms with van der Waals surface area (Å²) in [5.74, 6) is 0. The van der Waals surface area contributed by atoms with Gasteiger partial charge in [0.05, 0.1) is 5.71 Å². The van der Waals surface area contributed by atoms with Crippen LogP contribution in [0.4, 0.5) is 0 Å². The Morgan fingerprint density at radius 1 is 1.38 bits per heavy atom. The SMILES string of the molecule is CC1=NC1(C#N)c1ccc(Cl)cc1. The smallest absolute Gasteiger partial charge is 0.208 e. The molecule has 1 aliphatic rings. The van der Waals surface area contributed by atoms with Crippen LogP contribution in [0.2, 0.25) is 5.02 Å². The number of halogens is 1. The van der Waals surface area contributed by atoms with E-state index in [1.54, 1.807) is 12.1 Å². The fraction of sp³-hybridized carbons (Fsp3) is 0.200. The van der Waals surface area contributed by atoms with Crippen molar-refractivity contribution >= 4 is 17.3 Å². The lowest BCUT2D eigenvalue weighted by Gasteiger charge is -2.04. The summed E-state index contributed by atoms with van der Waals surface area (Å²) in [4.78, 5) is 4.12. The molecule has 0 N–H and O–H groups in total. The molecule has 0 aromatic heterocycles. The maximum absolute atomic E-state index is 8.95. The highest BCUT2D eigenvalue weighted by Crippen LogP contribution is 2.38. The van der Waals surface area contributed by atoms with Crippen LogP contribution in [0.3, 0.4) is 0 Å². The Hall–Kier alpha value is -1.33. The molecule has 1 atom stereocenters.